The summed E-state index contributed by atoms with van der Waals surface area (Å²) in [7, 11) is 0. The fourth-order valence-electron chi connectivity index (χ4n) is 0.552. The molecule has 0 amide bonds. The van der Waals surface area contributed by atoms with Crippen molar-refractivity contribution in [3.05, 3.63) is 11.7 Å². The van der Waals surface area contributed by atoms with Gasteiger partial charge in [-0.3, -0.25) is 0 Å². The first-order valence-corrected chi connectivity index (χ1v) is 2.99. The summed E-state index contributed by atoms with van der Waals surface area (Å²) in [5.74, 6) is -6.26. The van der Waals surface area contributed by atoms with Crippen molar-refractivity contribution in [3.8, 4) is 0 Å². The molecule has 0 heterocycles. The van der Waals surface area contributed by atoms with Crippen LogP contribution < -0.4 is 0 Å². The van der Waals surface area contributed by atoms with Crippen molar-refractivity contribution >= 4 is 5.97 Å². The first kappa shape index (κ1) is 10.9. The Hall–Kier alpha value is -1.07. The van der Waals surface area contributed by atoms with Crippen LogP contribution in [0.2, 0.25) is 0 Å². The molecule has 2 nitrogen and oxygen atoms in total. The van der Waals surface area contributed by atoms with E-state index >= 15 is 0 Å². The van der Waals surface area contributed by atoms with Gasteiger partial charge in [0.2, 0.25) is 0 Å². The van der Waals surface area contributed by atoms with Crippen LogP contribution in [0.4, 0.5) is 17.6 Å². The van der Waals surface area contributed by atoms with Crippen molar-refractivity contribution in [2.75, 3.05) is 0 Å². The van der Waals surface area contributed by atoms with Crippen molar-refractivity contribution in [2.45, 2.75) is 19.3 Å². The average Bonchev–Trinajstić information content (AvgIpc) is 1.84. The number of aliphatic carboxylic acids is 1. The molecule has 0 unspecified atom stereocenters. The van der Waals surface area contributed by atoms with Gasteiger partial charge in [0.15, 0.2) is 5.57 Å². The molecule has 0 aromatic carbocycles. The van der Waals surface area contributed by atoms with Gasteiger partial charge in [-0.15, -0.1) is 0 Å². The topological polar surface area (TPSA) is 37.3 Å². The van der Waals surface area contributed by atoms with Crippen molar-refractivity contribution in [1.29, 1.82) is 0 Å². The molecule has 0 saturated carbocycles. The van der Waals surface area contributed by atoms with Gasteiger partial charge in [-0.25, -0.2) is 13.6 Å². The fourth-order valence-corrected chi connectivity index (χ4v) is 0.552. The fraction of sp³-hybridized carbons (Fsp3) is 0.500. The third-order valence-electron chi connectivity index (χ3n) is 1.21. The molecule has 12 heavy (non-hydrogen) atoms. The Kier molecular flexibility index (Phi) is 3.24. The Balaban J connectivity index is 5.04. The van der Waals surface area contributed by atoms with Crippen molar-refractivity contribution in [2.24, 2.45) is 0 Å². The Morgan fingerprint density at radius 2 is 1.83 bits per heavy atom. The van der Waals surface area contributed by atoms with Crippen LogP contribution in [0.3, 0.4) is 0 Å². The first-order chi connectivity index (χ1) is 5.33. The molecule has 70 valence electrons. The zero-order valence-electron chi connectivity index (χ0n) is 6.07. The number of hydrogen-bond donors (Lipinski definition) is 1. The largest absolute Gasteiger partial charge is 0.478 e. The minimum Gasteiger partial charge on any atom is -0.478 e. The monoisotopic (exact) mass is 186 g/mol. The van der Waals surface area contributed by atoms with E-state index in [1.165, 1.54) is 0 Å². The van der Waals surface area contributed by atoms with Gasteiger partial charge in [-0.1, -0.05) is 6.92 Å². The van der Waals surface area contributed by atoms with Crippen LogP contribution in [0.15, 0.2) is 11.7 Å². The summed E-state index contributed by atoms with van der Waals surface area (Å²) in [5.41, 5.74) is -2.12. The van der Waals surface area contributed by atoms with Crippen LogP contribution in [0.1, 0.15) is 13.3 Å². The lowest BCUT2D eigenvalue weighted by molar-refractivity contribution is -0.136. The maximum absolute atomic E-state index is 12.4. The van der Waals surface area contributed by atoms with E-state index in [-0.39, 0.29) is 0 Å². The number of hydrogen-bond acceptors (Lipinski definition) is 1. The summed E-state index contributed by atoms with van der Waals surface area (Å²) in [6.07, 6.45) is -3.82. The van der Waals surface area contributed by atoms with Gasteiger partial charge in [-0.2, -0.15) is 8.78 Å². The Morgan fingerprint density at radius 1 is 1.42 bits per heavy atom. The lowest BCUT2D eigenvalue weighted by atomic mass is 10.1. The van der Waals surface area contributed by atoms with Gasteiger partial charge in [0.25, 0.3) is 12.0 Å². The van der Waals surface area contributed by atoms with Gasteiger partial charge >= 0.3 is 5.97 Å². The molecule has 0 aliphatic carbocycles. The minimum atomic E-state index is -3.97. The summed E-state index contributed by atoms with van der Waals surface area (Å²) < 4.78 is 48.1. The number of carbonyl (C=O) groups is 1. The predicted octanol–water partition coefficient (Wildman–Crippen LogP) is 2.27. The lowest BCUT2D eigenvalue weighted by Crippen LogP contribution is -2.24. The second-order valence-electron chi connectivity index (χ2n) is 2.00. The number of carboxylic acid groups (broad SMARTS) is 1. The molecule has 0 aliphatic rings. The highest BCUT2D eigenvalue weighted by Gasteiger charge is 2.40. The second-order valence-corrected chi connectivity index (χ2v) is 2.00. The van der Waals surface area contributed by atoms with E-state index in [2.05, 4.69) is 0 Å². The minimum absolute atomic E-state index is 0.922. The van der Waals surface area contributed by atoms with Gasteiger partial charge in [0, 0.05) is 6.42 Å². The van der Waals surface area contributed by atoms with E-state index in [0.717, 1.165) is 6.92 Å². The van der Waals surface area contributed by atoms with E-state index < -0.39 is 30.0 Å². The number of carboxylic acids is 1. The van der Waals surface area contributed by atoms with Crippen molar-refractivity contribution in [3.63, 3.8) is 0 Å². The highest BCUT2D eigenvalue weighted by Crippen LogP contribution is 2.31. The third kappa shape index (κ3) is 2.21. The van der Waals surface area contributed by atoms with Crippen molar-refractivity contribution < 1.29 is 27.5 Å². The molecule has 0 saturated heterocycles. The third-order valence-corrected chi connectivity index (χ3v) is 1.21. The van der Waals surface area contributed by atoms with E-state index in [1.54, 1.807) is 0 Å². The van der Waals surface area contributed by atoms with Gasteiger partial charge in [0.1, 0.15) is 0 Å². The molecule has 6 heteroatoms. The van der Waals surface area contributed by atoms with Crippen LogP contribution in [0, 0.1) is 0 Å². The molecular formula is C6H6F4O2. The highest BCUT2D eigenvalue weighted by molar-refractivity contribution is 5.88. The summed E-state index contributed by atoms with van der Waals surface area (Å²) >= 11 is 0. The first-order valence-electron chi connectivity index (χ1n) is 2.99. The van der Waals surface area contributed by atoms with Crippen LogP contribution in [-0.2, 0) is 4.79 Å². The van der Waals surface area contributed by atoms with Crippen LogP contribution in [-0.4, -0.2) is 17.0 Å². The Bertz CT molecular complexity index is 218. The van der Waals surface area contributed by atoms with Crippen LogP contribution in [0.25, 0.3) is 0 Å². The zero-order chi connectivity index (χ0) is 9.94. The average molecular weight is 186 g/mol. The molecule has 0 radical (unpaired) electrons. The van der Waals surface area contributed by atoms with Crippen LogP contribution in [0.5, 0.6) is 0 Å². The second kappa shape index (κ2) is 3.55. The SMILES string of the molecule is CCC(F)(F)C(C(=O)O)=C(F)F. The quantitative estimate of drug-likeness (QED) is 0.542. The Labute approximate surface area is 65.5 Å². The van der Waals surface area contributed by atoms with E-state index in [0.29, 0.717) is 0 Å². The number of halogens is 4. The molecular weight excluding hydrogens is 180 g/mol. The summed E-state index contributed by atoms with van der Waals surface area (Å²) in [6.45, 7) is 0.922. The molecule has 0 aromatic rings. The molecule has 0 fully saturated rings. The molecule has 0 rings (SSSR count). The molecule has 1 N–H and O–H groups in total. The zero-order valence-corrected chi connectivity index (χ0v) is 6.07. The maximum atomic E-state index is 12.4. The Morgan fingerprint density at radius 3 is 1.92 bits per heavy atom. The molecule has 0 spiro atoms. The van der Waals surface area contributed by atoms with Gasteiger partial charge < -0.3 is 5.11 Å². The lowest BCUT2D eigenvalue weighted by Gasteiger charge is -2.12. The maximum Gasteiger partial charge on any atom is 0.343 e. The summed E-state index contributed by atoms with van der Waals surface area (Å²) in [5, 5.41) is 7.99. The smallest absolute Gasteiger partial charge is 0.343 e. The van der Waals surface area contributed by atoms with E-state index in [4.69, 9.17) is 5.11 Å². The number of rotatable bonds is 3. The molecule has 0 atom stereocenters. The van der Waals surface area contributed by atoms with Crippen molar-refractivity contribution in [1.82, 2.24) is 0 Å². The summed E-state index contributed by atoms with van der Waals surface area (Å²) in [6, 6.07) is 0. The van der Waals surface area contributed by atoms with Gasteiger partial charge in [0.05, 0.1) is 0 Å². The summed E-state index contributed by atoms with van der Waals surface area (Å²) in [4.78, 5) is 9.93. The standard InChI is InChI=1S/C6H6F4O2/c1-2-6(9,10)3(4(7)8)5(11)12/h2H2,1H3,(H,11,12). The molecule has 0 bridgehead atoms. The highest BCUT2D eigenvalue weighted by atomic mass is 19.3. The van der Waals surface area contributed by atoms with E-state index in [9.17, 15) is 22.4 Å². The normalized spacial score (nSPS) is 11.1. The van der Waals surface area contributed by atoms with Crippen LogP contribution >= 0.6 is 0 Å². The van der Waals surface area contributed by atoms with Gasteiger partial charge in [-0.05, 0) is 0 Å². The number of alkyl halides is 2. The van der Waals surface area contributed by atoms with E-state index in [1.807, 2.05) is 0 Å². The predicted molar refractivity (Wildman–Crippen MR) is 32.1 cm³/mol. The molecule has 0 aromatic heterocycles. The molecule has 0 aliphatic heterocycles.